The highest BCUT2D eigenvalue weighted by Crippen LogP contribution is 2.28. The first-order valence-electron chi connectivity index (χ1n) is 12.3. The Morgan fingerprint density at radius 3 is 2.32 bits per heavy atom. The molecule has 194 valence electrons. The van der Waals surface area contributed by atoms with Crippen molar-refractivity contribution in [2.75, 3.05) is 37.4 Å². The van der Waals surface area contributed by atoms with E-state index in [2.05, 4.69) is 15.5 Å². The number of carbonyl (C=O) groups is 2. The standard InChI is InChI=1S/C28H31N3O5S/c32-20-22-10-12-25(13-11-22)37(34,35)21-29-16-19-31-17-14-24(15-18-31)36-28(33)30-27-9-5-4-8-26(27)23-6-2-1-3-7-23/h1-13,20,24,29H,14-19,21H2,(H,30,33). The SMILES string of the molecule is O=Cc1ccc(S(=O)(=O)CNCCN2CCC(OC(=O)Nc3ccccc3-c3ccccc3)CC2)cc1. The van der Waals surface area contributed by atoms with Crippen LogP contribution in [0.25, 0.3) is 11.1 Å². The van der Waals surface area contributed by atoms with Crippen molar-refractivity contribution in [3.05, 3.63) is 84.4 Å². The predicted molar refractivity (Wildman–Crippen MR) is 143 cm³/mol. The number of sulfone groups is 1. The zero-order chi connectivity index (χ0) is 26.1. The van der Waals surface area contributed by atoms with Crippen LogP contribution in [-0.4, -0.2) is 63.9 Å². The summed E-state index contributed by atoms with van der Waals surface area (Å²) in [4.78, 5) is 25.7. The quantitative estimate of drug-likeness (QED) is 0.304. The molecule has 0 radical (unpaired) electrons. The molecule has 0 atom stereocenters. The number of amides is 1. The van der Waals surface area contributed by atoms with Crippen LogP contribution in [0.5, 0.6) is 0 Å². The fourth-order valence-electron chi connectivity index (χ4n) is 4.28. The van der Waals surface area contributed by atoms with Gasteiger partial charge < -0.3 is 15.0 Å². The van der Waals surface area contributed by atoms with Gasteiger partial charge in [0, 0.05) is 37.3 Å². The van der Waals surface area contributed by atoms with Crippen molar-refractivity contribution in [3.63, 3.8) is 0 Å². The number of anilines is 1. The van der Waals surface area contributed by atoms with Gasteiger partial charge in [0.1, 0.15) is 18.3 Å². The molecule has 0 saturated carbocycles. The third-order valence-electron chi connectivity index (χ3n) is 6.33. The smallest absolute Gasteiger partial charge is 0.411 e. The van der Waals surface area contributed by atoms with Crippen LogP contribution < -0.4 is 10.6 Å². The zero-order valence-electron chi connectivity index (χ0n) is 20.5. The van der Waals surface area contributed by atoms with Crippen molar-refractivity contribution in [2.24, 2.45) is 0 Å². The lowest BCUT2D eigenvalue weighted by Crippen LogP contribution is -2.42. The highest BCUT2D eigenvalue weighted by atomic mass is 32.2. The number of likely N-dealkylation sites (tertiary alicyclic amines) is 1. The van der Waals surface area contributed by atoms with Gasteiger partial charge in [-0.15, -0.1) is 0 Å². The molecule has 4 rings (SSSR count). The number of hydrogen-bond acceptors (Lipinski definition) is 7. The van der Waals surface area contributed by atoms with Crippen LogP contribution in [0.3, 0.4) is 0 Å². The fraction of sp³-hybridized carbons (Fsp3) is 0.286. The summed E-state index contributed by atoms with van der Waals surface area (Å²) in [5, 5.41) is 5.88. The third-order valence-corrected chi connectivity index (χ3v) is 7.90. The van der Waals surface area contributed by atoms with Crippen LogP contribution in [0.4, 0.5) is 10.5 Å². The van der Waals surface area contributed by atoms with Gasteiger partial charge in [-0.2, -0.15) is 0 Å². The predicted octanol–water partition coefficient (Wildman–Crippen LogP) is 4.20. The Balaban J connectivity index is 1.17. The average Bonchev–Trinajstić information content (AvgIpc) is 2.93. The number of hydrogen-bond donors (Lipinski definition) is 2. The maximum Gasteiger partial charge on any atom is 0.411 e. The van der Waals surface area contributed by atoms with Gasteiger partial charge in [-0.25, -0.2) is 13.2 Å². The van der Waals surface area contributed by atoms with Gasteiger partial charge in [0.2, 0.25) is 0 Å². The second-order valence-electron chi connectivity index (χ2n) is 8.93. The molecule has 1 aliphatic rings. The molecule has 1 amide bonds. The monoisotopic (exact) mass is 521 g/mol. The Morgan fingerprint density at radius 1 is 0.946 bits per heavy atom. The van der Waals surface area contributed by atoms with Crippen LogP contribution >= 0.6 is 0 Å². The molecular formula is C28H31N3O5S. The highest BCUT2D eigenvalue weighted by molar-refractivity contribution is 7.91. The van der Waals surface area contributed by atoms with Gasteiger partial charge in [0.25, 0.3) is 0 Å². The highest BCUT2D eigenvalue weighted by Gasteiger charge is 2.23. The van der Waals surface area contributed by atoms with E-state index in [1.807, 2.05) is 54.6 Å². The number of piperidine rings is 1. The molecule has 8 nitrogen and oxygen atoms in total. The summed E-state index contributed by atoms with van der Waals surface area (Å²) in [6.45, 7) is 2.75. The molecule has 0 bridgehead atoms. The average molecular weight is 522 g/mol. The molecule has 1 aliphatic heterocycles. The minimum absolute atomic E-state index is 0.164. The Kier molecular flexibility index (Phi) is 9.05. The molecule has 3 aromatic carbocycles. The molecule has 2 N–H and O–H groups in total. The number of ether oxygens (including phenoxy) is 1. The van der Waals surface area contributed by atoms with Crippen molar-refractivity contribution in [2.45, 2.75) is 23.8 Å². The van der Waals surface area contributed by atoms with Crippen molar-refractivity contribution in [1.82, 2.24) is 10.2 Å². The largest absolute Gasteiger partial charge is 0.446 e. The van der Waals surface area contributed by atoms with E-state index in [1.165, 1.54) is 24.3 Å². The first-order chi connectivity index (χ1) is 17.9. The van der Waals surface area contributed by atoms with Crippen LogP contribution in [0, 0.1) is 0 Å². The van der Waals surface area contributed by atoms with Gasteiger partial charge >= 0.3 is 6.09 Å². The molecule has 0 aromatic heterocycles. The van der Waals surface area contributed by atoms with Crippen molar-refractivity contribution >= 4 is 27.9 Å². The summed E-state index contributed by atoms with van der Waals surface area (Å²) < 4.78 is 30.6. The first-order valence-corrected chi connectivity index (χ1v) is 13.9. The molecule has 0 unspecified atom stereocenters. The molecule has 0 spiro atoms. The van der Waals surface area contributed by atoms with Crippen LogP contribution in [0.1, 0.15) is 23.2 Å². The summed E-state index contributed by atoms with van der Waals surface area (Å²) in [6.07, 6.45) is 1.49. The number of rotatable bonds is 10. The second-order valence-corrected chi connectivity index (χ2v) is 10.9. The van der Waals surface area contributed by atoms with E-state index in [0.29, 0.717) is 30.6 Å². The first kappa shape index (κ1) is 26.5. The lowest BCUT2D eigenvalue weighted by atomic mass is 10.0. The van der Waals surface area contributed by atoms with E-state index < -0.39 is 15.9 Å². The normalized spacial score (nSPS) is 14.7. The second kappa shape index (κ2) is 12.6. The van der Waals surface area contributed by atoms with E-state index in [1.54, 1.807) is 0 Å². The van der Waals surface area contributed by atoms with E-state index in [-0.39, 0.29) is 16.9 Å². The number of nitrogens with zero attached hydrogens (tertiary/aromatic N) is 1. The molecule has 9 heteroatoms. The molecule has 0 aliphatic carbocycles. The van der Waals surface area contributed by atoms with Crippen LogP contribution in [-0.2, 0) is 14.6 Å². The minimum atomic E-state index is -3.47. The molecule has 3 aromatic rings. The lowest BCUT2D eigenvalue weighted by molar-refractivity contribution is 0.0594. The van der Waals surface area contributed by atoms with E-state index in [9.17, 15) is 18.0 Å². The van der Waals surface area contributed by atoms with Gasteiger partial charge in [-0.05, 0) is 36.6 Å². The fourth-order valence-corrected chi connectivity index (χ4v) is 5.41. The minimum Gasteiger partial charge on any atom is -0.446 e. The Hall–Kier alpha value is -3.53. The summed E-state index contributed by atoms with van der Waals surface area (Å²) in [7, 11) is -3.47. The summed E-state index contributed by atoms with van der Waals surface area (Å²) in [5.74, 6) is -0.169. The summed E-state index contributed by atoms with van der Waals surface area (Å²) in [5.41, 5.74) is 3.09. The van der Waals surface area contributed by atoms with Gasteiger partial charge in [0.05, 0.1) is 10.6 Å². The van der Waals surface area contributed by atoms with E-state index in [4.69, 9.17) is 4.74 Å². The molecular weight excluding hydrogens is 490 g/mol. The third kappa shape index (κ3) is 7.48. The Bertz CT molecular complexity index is 1290. The van der Waals surface area contributed by atoms with Crippen molar-refractivity contribution < 1.29 is 22.7 Å². The maximum atomic E-state index is 12.6. The van der Waals surface area contributed by atoms with Gasteiger partial charge in [-0.1, -0.05) is 60.7 Å². The van der Waals surface area contributed by atoms with Crippen LogP contribution in [0.2, 0.25) is 0 Å². The Labute approximate surface area is 217 Å². The number of nitrogens with one attached hydrogen (secondary N) is 2. The molecule has 1 saturated heterocycles. The summed E-state index contributed by atoms with van der Waals surface area (Å²) >= 11 is 0. The number of carbonyl (C=O) groups excluding carboxylic acids is 2. The molecule has 1 fully saturated rings. The van der Waals surface area contributed by atoms with E-state index in [0.717, 1.165) is 37.1 Å². The van der Waals surface area contributed by atoms with Gasteiger partial charge in [-0.3, -0.25) is 10.1 Å². The van der Waals surface area contributed by atoms with Gasteiger partial charge in [0.15, 0.2) is 9.84 Å². The van der Waals surface area contributed by atoms with Crippen molar-refractivity contribution in [3.8, 4) is 11.1 Å². The number of para-hydroxylation sites is 1. The number of aldehydes is 1. The summed E-state index contributed by atoms with van der Waals surface area (Å²) in [6, 6.07) is 23.4. The molecule has 1 heterocycles. The van der Waals surface area contributed by atoms with E-state index >= 15 is 0 Å². The topological polar surface area (TPSA) is 105 Å². The van der Waals surface area contributed by atoms with Crippen molar-refractivity contribution in [1.29, 1.82) is 0 Å². The lowest BCUT2D eigenvalue weighted by Gasteiger charge is -2.31. The number of benzene rings is 3. The molecule has 37 heavy (non-hydrogen) atoms. The Morgan fingerprint density at radius 2 is 1.62 bits per heavy atom. The van der Waals surface area contributed by atoms with Crippen LogP contribution in [0.15, 0.2) is 83.8 Å². The maximum absolute atomic E-state index is 12.6. The zero-order valence-corrected chi connectivity index (χ0v) is 21.3.